The molecule has 1 aliphatic rings. The molecule has 0 radical (unpaired) electrons. The molecule has 0 bridgehead atoms. The highest BCUT2D eigenvalue weighted by Crippen LogP contribution is 2.35. The van der Waals surface area contributed by atoms with Crippen molar-refractivity contribution in [3.05, 3.63) is 16.6 Å². The molecule has 0 spiro atoms. The Morgan fingerprint density at radius 2 is 2.47 bits per heavy atom. The maximum atomic E-state index is 12.3. The third kappa shape index (κ3) is 2.80. The van der Waals surface area contributed by atoms with Crippen LogP contribution >= 0.6 is 11.3 Å². The van der Waals surface area contributed by atoms with Gasteiger partial charge in [-0.25, -0.2) is 4.98 Å². The van der Waals surface area contributed by atoms with E-state index >= 15 is 0 Å². The number of nitrogens with zero attached hydrogens (tertiary/aromatic N) is 2. The summed E-state index contributed by atoms with van der Waals surface area (Å²) in [6, 6.07) is 0. The van der Waals surface area contributed by atoms with Gasteiger partial charge in [-0.05, 0) is 12.8 Å². The van der Waals surface area contributed by atoms with E-state index in [1.165, 1.54) is 11.3 Å². The molecule has 2 atom stereocenters. The van der Waals surface area contributed by atoms with Crippen LogP contribution in [0.4, 0.5) is 0 Å². The molecule has 0 aromatic carbocycles. The fourth-order valence-corrected chi connectivity index (χ4v) is 3.31. The molecule has 1 aliphatic heterocycles. The summed E-state index contributed by atoms with van der Waals surface area (Å²) in [4.78, 5) is 18.0. The van der Waals surface area contributed by atoms with Crippen LogP contribution in [-0.2, 0) is 0 Å². The van der Waals surface area contributed by atoms with Crippen molar-refractivity contribution in [3.63, 3.8) is 0 Å². The third-order valence-corrected chi connectivity index (χ3v) is 4.47. The lowest BCUT2D eigenvalue weighted by Crippen LogP contribution is -2.55. The normalized spacial score (nSPS) is 27.5. The van der Waals surface area contributed by atoms with E-state index in [4.69, 9.17) is 0 Å². The number of thiazole rings is 1. The Labute approximate surface area is 116 Å². The minimum Gasteiger partial charge on any atom is -0.396 e. The molecular weight excluding hydrogens is 264 g/mol. The zero-order valence-corrected chi connectivity index (χ0v) is 11.9. The summed E-state index contributed by atoms with van der Waals surface area (Å²) in [5.74, 6) is -0.109. The number of aromatic nitrogens is 1. The van der Waals surface area contributed by atoms with Gasteiger partial charge in [-0.1, -0.05) is 13.3 Å². The molecule has 2 rings (SSSR count). The monoisotopic (exact) mass is 284 g/mol. The van der Waals surface area contributed by atoms with Crippen molar-refractivity contribution < 1.29 is 15.0 Å². The summed E-state index contributed by atoms with van der Waals surface area (Å²) in [5.41, 5.74) is 1.50. The highest BCUT2D eigenvalue weighted by molar-refractivity contribution is 7.07. The maximum absolute atomic E-state index is 12.3. The minimum absolute atomic E-state index is 0.0944. The molecule has 1 saturated heterocycles. The van der Waals surface area contributed by atoms with Crippen LogP contribution in [-0.4, -0.2) is 51.8 Å². The predicted octanol–water partition coefficient (Wildman–Crippen LogP) is 1.13. The van der Waals surface area contributed by atoms with E-state index in [0.717, 1.165) is 6.42 Å². The van der Waals surface area contributed by atoms with Crippen molar-refractivity contribution in [2.24, 2.45) is 5.41 Å². The van der Waals surface area contributed by atoms with E-state index in [2.05, 4.69) is 4.98 Å². The summed E-state index contributed by atoms with van der Waals surface area (Å²) in [6.45, 7) is 2.84. The van der Waals surface area contributed by atoms with Crippen LogP contribution in [0.1, 0.15) is 36.7 Å². The first-order valence-corrected chi connectivity index (χ1v) is 7.53. The number of hydrogen-bond donors (Lipinski definition) is 2. The first-order chi connectivity index (χ1) is 9.13. The van der Waals surface area contributed by atoms with Gasteiger partial charge >= 0.3 is 0 Å². The second-order valence-electron chi connectivity index (χ2n) is 5.18. The van der Waals surface area contributed by atoms with Gasteiger partial charge in [-0.2, -0.15) is 0 Å². The lowest BCUT2D eigenvalue weighted by atomic mass is 9.74. The van der Waals surface area contributed by atoms with Crippen LogP contribution < -0.4 is 0 Å². The van der Waals surface area contributed by atoms with Crippen LogP contribution in [0, 0.1) is 5.41 Å². The lowest BCUT2D eigenvalue weighted by molar-refractivity contribution is -0.0721. The number of aliphatic hydroxyl groups is 2. The fraction of sp³-hybridized carbons (Fsp3) is 0.692. The Morgan fingerprint density at radius 1 is 1.68 bits per heavy atom. The predicted molar refractivity (Wildman–Crippen MR) is 73.1 cm³/mol. The zero-order chi connectivity index (χ0) is 13.9. The lowest BCUT2D eigenvalue weighted by Gasteiger charge is -2.45. The Morgan fingerprint density at radius 3 is 3.05 bits per heavy atom. The smallest absolute Gasteiger partial charge is 0.273 e. The standard InChI is InChI=1S/C13H20N2O3S/c1-2-4-13(8-16)7-15(5-3-11(13)17)12(18)10-6-19-9-14-10/h6,9,11,16-17H,2-5,7-8H2,1H3/t11-,13+/m1/s1. The number of piperidine rings is 1. The summed E-state index contributed by atoms with van der Waals surface area (Å²) in [5, 5.41) is 21.6. The SMILES string of the molecule is CCC[C@@]1(CO)CN(C(=O)c2cscn2)CC[C@H]1O. The van der Waals surface area contributed by atoms with E-state index in [0.29, 0.717) is 31.6 Å². The zero-order valence-electron chi connectivity index (χ0n) is 11.1. The fourth-order valence-electron chi connectivity index (χ4n) is 2.78. The number of hydrogen-bond acceptors (Lipinski definition) is 5. The van der Waals surface area contributed by atoms with E-state index < -0.39 is 11.5 Å². The molecule has 0 unspecified atom stereocenters. The number of carbonyl (C=O) groups is 1. The van der Waals surface area contributed by atoms with Gasteiger partial charge in [0.2, 0.25) is 0 Å². The van der Waals surface area contributed by atoms with Gasteiger partial charge in [0.15, 0.2) is 0 Å². The van der Waals surface area contributed by atoms with Crippen molar-refractivity contribution in [1.82, 2.24) is 9.88 Å². The van der Waals surface area contributed by atoms with Crippen molar-refractivity contribution in [2.45, 2.75) is 32.3 Å². The molecule has 106 valence electrons. The van der Waals surface area contributed by atoms with E-state index in [1.54, 1.807) is 15.8 Å². The number of rotatable bonds is 4. The average Bonchev–Trinajstić information content (AvgIpc) is 2.95. The van der Waals surface area contributed by atoms with Crippen molar-refractivity contribution >= 4 is 17.2 Å². The number of carbonyl (C=O) groups excluding carboxylic acids is 1. The van der Waals surface area contributed by atoms with Crippen LogP contribution in [0.3, 0.4) is 0 Å². The van der Waals surface area contributed by atoms with Gasteiger partial charge < -0.3 is 15.1 Å². The molecule has 5 nitrogen and oxygen atoms in total. The summed E-state index contributed by atoms with van der Waals surface area (Å²) in [7, 11) is 0. The molecule has 2 heterocycles. The summed E-state index contributed by atoms with van der Waals surface area (Å²) >= 11 is 1.39. The summed E-state index contributed by atoms with van der Waals surface area (Å²) in [6.07, 6.45) is 1.55. The van der Waals surface area contributed by atoms with Crippen LogP contribution in [0.15, 0.2) is 10.9 Å². The van der Waals surface area contributed by atoms with Gasteiger partial charge in [-0.3, -0.25) is 4.79 Å². The summed E-state index contributed by atoms with van der Waals surface area (Å²) < 4.78 is 0. The van der Waals surface area contributed by atoms with Gasteiger partial charge in [0.1, 0.15) is 5.69 Å². The topological polar surface area (TPSA) is 73.7 Å². The number of aliphatic hydroxyl groups excluding tert-OH is 2. The number of amides is 1. The van der Waals surface area contributed by atoms with Crippen LogP contribution in [0.5, 0.6) is 0 Å². The second-order valence-corrected chi connectivity index (χ2v) is 5.89. The molecule has 1 aromatic heterocycles. The van der Waals surface area contributed by atoms with Crippen molar-refractivity contribution in [2.75, 3.05) is 19.7 Å². The van der Waals surface area contributed by atoms with Crippen molar-refractivity contribution in [1.29, 1.82) is 0 Å². The molecule has 0 saturated carbocycles. The molecule has 1 aromatic rings. The Hall–Kier alpha value is -0.980. The quantitative estimate of drug-likeness (QED) is 0.869. The Bertz CT molecular complexity index is 424. The minimum atomic E-state index is -0.585. The maximum Gasteiger partial charge on any atom is 0.273 e. The molecule has 6 heteroatoms. The van der Waals surface area contributed by atoms with Crippen LogP contribution in [0.2, 0.25) is 0 Å². The average molecular weight is 284 g/mol. The van der Waals surface area contributed by atoms with E-state index in [9.17, 15) is 15.0 Å². The van der Waals surface area contributed by atoms with Crippen molar-refractivity contribution in [3.8, 4) is 0 Å². The molecule has 0 aliphatic carbocycles. The van der Waals surface area contributed by atoms with E-state index in [-0.39, 0.29) is 12.5 Å². The molecular formula is C13H20N2O3S. The first kappa shape index (κ1) is 14.4. The molecule has 1 amide bonds. The second kappa shape index (κ2) is 5.98. The highest BCUT2D eigenvalue weighted by Gasteiger charge is 2.43. The Balaban J connectivity index is 2.14. The third-order valence-electron chi connectivity index (χ3n) is 3.89. The largest absolute Gasteiger partial charge is 0.396 e. The highest BCUT2D eigenvalue weighted by atomic mass is 32.1. The molecule has 2 N–H and O–H groups in total. The van der Waals surface area contributed by atoms with E-state index in [1.807, 2.05) is 6.92 Å². The van der Waals surface area contributed by atoms with Crippen LogP contribution in [0.25, 0.3) is 0 Å². The van der Waals surface area contributed by atoms with Gasteiger partial charge in [-0.15, -0.1) is 11.3 Å². The first-order valence-electron chi connectivity index (χ1n) is 6.59. The molecule has 1 fully saturated rings. The molecule has 19 heavy (non-hydrogen) atoms. The number of likely N-dealkylation sites (tertiary alicyclic amines) is 1. The van der Waals surface area contributed by atoms with Gasteiger partial charge in [0.25, 0.3) is 5.91 Å². The Kier molecular flexibility index (Phi) is 4.54. The van der Waals surface area contributed by atoms with Gasteiger partial charge in [0, 0.05) is 23.9 Å². The van der Waals surface area contributed by atoms with Gasteiger partial charge in [0.05, 0.1) is 18.2 Å².